The van der Waals surface area contributed by atoms with Crippen molar-refractivity contribution in [3.8, 4) is 11.5 Å². The zero-order valence-corrected chi connectivity index (χ0v) is 16.2. The molecule has 7 heteroatoms. The second kappa shape index (κ2) is 11.2. The molecular weight excluding hydrogens is 366 g/mol. The number of likely N-dealkylation sites (N-methyl/N-ethyl adjacent to an activating group) is 1. The minimum absolute atomic E-state index is 0.00457. The van der Waals surface area contributed by atoms with Gasteiger partial charge in [0.25, 0.3) is 5.91 Å². The number of methoxy groups -OCH3 is 1. The molecular formula is C21H27F2N2O3+. The standard InChI is InChI=1S/C21H26F2N2O3/c1-25(14-17-10-11-18(28-21(22)23)19(13-17)27-2)15-20(26)24-12-6-9-16-7-4-3-5-8-16/h3-5,7-8,10-11,13,21H,6,9,12,14-15H2,1-2H3,(H,24,26)/p+1. The number of alkyl halides is 2. The van der Waals surface area contributed by atoms with Gasteiger partial charge >= 0.3 is 6.61 Å². The van der Waals surface area contributed by atoms with Crippen LogP contribution in [0.3, 0.4) is 0 Å². The Morgan fingerprint density at radius 2 is 1.86 bits per heavy atom. The third-order valence-corrected chi connectivity index (χ3v) is 4.22. The van der Waals surface area contributed by atoms with Crippen molar-refractivity contribution in [1.29, 1.82) is 0 Å². The Hall–Kier alpha value is -2.67. The van der Waals surface area contributed by atoms with Crippen LogP contribution >= 0.6 is 0 Å². The highest BCUT2D eigenvalue weighted by atomic mass is 19.3. The summed E-state index contributed by atoms with van der Waals surface area (Å²) in [7, 11) is 3.30. The largest absolute Gasteiger partial charge is 0.493 e. The van der Waals surface area contributed by atoms with Gasteiger partial charge in [0.2, 0.25) is 0 Å². The molecule has 1 unspecified atom stereocenters. The van der Waals surface area contributed by atoms with E-state index in [2.05, 4.69) is 22.2 Å². The number of carbonyl (C=O) groups excluding carboxylic acids is 1. The van der Waals surface area contributed by atoms with Gasteiger partial charge in [0, 0.05) is 12.1 Å². The molecule has 0 spiro atoms. The van der Waals surface area contributed by atoms with Crippen LogP contribution in [-0.4, -0.2) is 39.8 Å². The average molecular weight is 393 g/mol. The summed E-state index contributed by atoms with van der Waals surface area (Å²) in [6, 6.07) is 15.0. The number of amides is 1. The number of benzene rings is 2. The van der Waals surface area contributed by atoms with E-state index in [1.165, 1.54) is 18.7 Å². The van der Waals surface area contributed by atoms with Gasteiger partial charge in [-0.15, -0.1) is 0 Å². The molecule has 0 bridgehead atoms. The minimum Gasteiger partial charge on any atom is -0.493 e. The zero-order chi connectivity index (χ0) is 20.4. The Morgan fingerprint density at radius 3 is 2.54 bits per heavy atom. The number of quaternary nitrogens is 1. The van der Waals surface area contributed by atoms with Crippen LogP contribution in [0, 0.1) is 0 Å². The van der Waals surface area contributed by atoms with E-state index in [1.54, 1.807) is 12.1 Å². The first-order chi connectivity index (χ1) is 13.5. The predicted octanol–water partition coefficient (Wildman–Crippen LogP) is 2.06. The number of aryl methyl sites for hydroxylation is 1. The number of hydrogen-bond acceptors (Lipinski definition) is 3. The molecule has 0 fully saturated rings. The Balaban J connectivity index is 1.74. The summed E-state index contributed by atoms with van der Waals surface area (Å²) >= 11 is 0. The van der Waals surface area contributed by atoms with E-state index in [1.807, 2.05) is 25.2 Å². The summed E-state index contributed by atoms with van der Waals surface area (Å²) < 4.78 is 34.3. The predicted molar refractivity (Wildman–Crippen MR) is 103 cm³/mol. The molecule has 0 saturated carbocycles. The van der Waals surface area contributed by atoms with E-state index in [0.717, 1.165) is 23.3 Å². The van der Waals surface area contributed by atoms with Gasteiger partial charge in [-0.05, 0) is 36.6 Å². The van der Waals surface area contributed by atoms with Crippen molar-refractivity contribution >= 4 is 5.91 Å². The summed E-state index contributed by atoms with van der Waals surface area (Å²) in [6.07, 6.45) is 1.81. The van der Waals surface area contributed by atoms with Gasteiger partial charge in [-0.2, -0.15) is 8.78 Å². The number of carbonyl (C=O) groups is 1. The molecule has 2 aromatic rings. The van der Waals surface area contributed by atoms with Crippen LogP contribution in [0.4, 0.5) is 8.78 Å². The number of hydrogen-bond donors (Lipinski definition) is 2. The van der Waals surface area contributed by atoms with Crippen LogP contribution in [0.25, 0.3) is 0 Å². The number of nitrogens with one attached hydrogen (secondary N) is 2. The van der Waals surface area contributed by atoms with Gasteiger partial charge in [0.05, 0.1) is 14.2 Å². The third kappa shape index (κ3) is 7.52. The SMILES string of the molecule is COc1cc(C[NH+](C)CC(=O)NCCCc2ccccc2)ccc1OC(F)F. The summed E-state index contributed by atoms with van der Waals surface area (Å²) in [6.45, 7) is -1.39. The fraction of sp³-hybridized carbons (Fsp3) is 0.381. The molecule has 0 aliphatic heterocycles. The fourth-order valence-electron chi connectivity index (χ4n) is 2.93. The van der Waals surface area contributed by atoms with E-state index in [9.17, 15) is 13.6 Å². The summed E-state index contributed by atoms with van der Waals surface area (Å²) in [4.78, 5) is 13.1. The Bertz CT molecular complexity index is 742. The van der Waals surface area contributed by atoms with Crippen LogP contribution in [0.2, 0.25) is 0 Å². The molecule has 2 rings (SSSR count). The van der Waals surface area contributed by atoms with Crippen molar-refractivity contribution in [3.05, 3.63) is 59.7 Å². The quantitative estimate of drug-likeness (QED) is 0.575. The lowest BCUT2D eigenvalue weighted by atomic mass is 10.1. The smallest absolute Gasteiger partial charge is 0.387 e. The van der Waals surface area contributed by atoms with E-state index in [-0.39, 0.29) is 17.4 Å². The van der Waals surface area contributed by atoms with E-state index >= 15 is 0 Å². The van der Waals surface area contributed by atoms with E-state index < -0.39 is 6.61 Å². The van der Waals surface area contributed by atoms with Crippen molar-refractivity contribution in [2.24, 2.45) is 0 Å². The third-order valence-electron chi connectivity index (χ3n) is 4.22. The van der Waals surface area contributed by atoms with Crippen molar-refractivity contribution in [3.63, 3.8) is 0 Å². The van der Waals surface area contributed by atoms with Gasteiger partial charge in [0.1, 0.15) is 6.54 Å². The molecule has 152 valence electrons. The van der Waals surface area contributed by atoms with Crippen LogP contribution in [0.5, 0.6) is 11.5 Å². The zero-order valence-electron chi connectivity index (χ0n) is 16.2. The van der Waals surface area contributed by atoms with Crippen molar-refractivity contribution < 1.29 is 27.9 Å². The van der Waals surface area contributed by atoms with Crippen molar-refractivity contribution in [2.45, 2.75) is 26.0 Å². The Kier molecular flexibility index (Phi) is 8.68. The van der Waals surface area contributed by atoms with Crippen LogP contribution < -0.4 is 19.7 Å². The first-order valence-corrected chi connectivity index (χ1v) is 9.21. The molecule has 5 nitrogen and oxygen atoms in total. The number of rotatable bonds is 11. The summed E-state index contributed by atoms with van der Waals surface area (Å²) in [5, 5.41) is 2.94. The maximum Gasteiger partial charge on any atom is 0.387 e. The number of halogens is 2. The molecule has 0 aliphatic rings. The lowest BCUT2D eigenvalue weighted by Crippen LogP contribution is -3.08. The fourth-order valence-corrected chi connectivity index (χ4v) is 2.93. The molecule has 2 N–H and O–H groups in total. The Labute approximate surface area is 164 Å². The van der Waals surface area contributed by atoms with E-state index in [4.69, 9.17) is 4.74 Å². The summed E-state index contributed by atoms with van der Waals surface area (Å²) in [5.74, 6) is 0.223. The van der Waals surface area contributed by atoms with Crippen LogP contribution in [0.15, 0.2) is 48.5 Å². The second-order valence-corrected chi connectivity index (χ2v) is 6.61. The molecule has 0 radical (unpaired) electrons. The molecule has 28 heavy (non-hydrogen) atoms. The first kappa shape index (κ1) is 21.6. The van der Waals surface area contributed by atoms with Gasteiger partial charge in [-0.3, -0.25) is 4.79 Å². The molecule has 0 aliphatic carbocycles. The molecule has 2 aromatic carbocycles. The lowest BCUT2D eigenvalue weighted by Gasteiger charge is -2.16. The summed E-state index contributed by atoms with van der Waals surface area (Å²) in [5.41, 5.74) is 2.13. The van der Waals surface area contributed by atoms with Crippen molar-refractivity contribution in [2.75, 3.05) is 27.2 Å². The highest BCUT2D eigenvalue weighted by Crippen LogP contribution is 2.29. The van der Waals surface area contributed by atoms with Gasteiger partial charge in [-0.25, -0.2) is 0 Å². The molecule has 1 amide bonds. The number of ether oxygens (including phenoxy) is 2. The maximum atomic E-state index is 12.4. The van der Waals surface area contributed by atoms with Crippen LogP contribution in [-0.2, 0) is 17.8 Å². The van der Waals surface area contributed by atoms with E-state index in [0.29, 0.717) is 19.6 Å². The van der Waals surface area contributed by atoms with Gasteiger partial charge < -0.3 is 19.7 Å². The van der Waals surface area contributed by atoms with Crippen molar-refractivity contribution in [1.82, 2.24) is 5.32 Å². The molecule has 0 saturated heterocycles. The minimum atomic E-state index is -2.90. The second-order valence-electron chi connectivity index (χ2n) is 6.61. The lowest BCUT2D eigenvalue weighted by molar-refractivity contribution is -0.885. The molecule has 0 heterocycles. The Morgan fingerprint density at radius 1 is 1.11 bits per heavy atom. The van der Waals surface area contributed by atoms with Gasteiger partial charge in [0.15, 0.2) is 18.0 Å². The highest BCUT2D eigenvalue weighted by molar-refractivity contribution is 5.76. The molecule has 0 aromatic heterocycles. The molecule has 1 atom stereocenters. The normalized spacial score (nSPS) is 11.9. The van der Waals surface area contributed by atoms with Crippen LogP contribution in [0.1, 0.15) is 17.5 Å². The average Bonchev–Trinajstić information content (AvgIpc) is 2.66. The topological polar surface area (TPSA) is 52.0 Å². The highest BCUT2D eigenvalue weighted by Gasteiger charge is 2.14. The first-order valence-electron chi connectivity index (χ1n) is 9.21. The van der Waals surface area contributed by atoms with Gasteiger partial charge in [-0.1, -0.05) is 30.3 Å². The monoisotopic (exact) mass is 393 g/mol. The maximum absolute atomic E-state index is 12.4.